The van der Waals surface area contributed by atoms with E-state index in [0.717, 1.165) is 6.54 Å². The number of rotatable bonds is 3. The third-order valence-corrected chi connectivity index (χ3v) is 5.28. The first kappa shape index (κ1) is 14.1. The zero-order valence-electron chi connectivity index (χ0n) is 12.8. The Kier molecular flexibility index (Phi) is 4.42. The predicted molar refractivity (Wildman–Crippen MR) is 85.0 cm³/mol. The van der Waals surface area contributed by atoms with Crippen molar-refractivity contribution in [2.24, 2.45) is 0 Å². The Morgan fingerprint density at radius 1 is 1.15 bits per heavy atom. The van der Waals surface area contributed by atoms with Crippen LogP contribution in [-0.2, 0) is 6.42 Å². The van der Waals surface area contributed by atoms with Gasteiger partial charge in [-0.15, -0.1) is 0 Å². The molecule has 110 valence electrons. The molecule has 1 saturated heterocycles. The van der Waals surface area contributed by atoms with Gasteiger partial charge in [0, 0.05) is 31.2 Å². The summed E-state index contributed by atoms with van der Waals surface area (Å²) in [5.41, 5.74) is 1.93. The molecule has 0 amide bonds. The van der Waals surface area contributed by atoms with Gasteiger partial charge in [-0.1, -0.05) is 49.6 Å². The summed E-state index contributed by atoms with van der Waals surface area (Å²) in [5, 5.41) is 3.65. The van der Waals surface area contributed by atoms with Crippen molar-refractivity contribution >= 4 is 0 Å². The van der Waals surface area contributed by atoms with Gasteiger partial charge in [0.2, 0.25) is 0 Å². The maximum absolute atomic E-state index is 3.65. The Morgan fingerprint density at radius 3 is 2.65 bits per heavy atom. The molecule has 1 aliphatic carbocycles. The first-order valence-corrected chi connectivity index (χ1v) is 8.32. The summed E-state index contributed by atoms with van der Waals surface area (Å²) < 4.78 is 0. The van der Waals surface area contributed by atoms with E-state index in [-0.39, 0.29) is 0 Å². The van der Waals surface area contributed by atoms with E-state index in [9.17, 15) is 0 Å². The molecule has 1 atom stereocenters. The molecule has 0 radical (unpaired) electrons. The molecule has 1 saturated carbocycles. The SMILES string of the molecule is CC(Cc1ccccc1)N1CCNCC12CCCCC2. The molecule has 2 heteroatoms. The number of hydrogen-bond donors (Lipinski definition) is 1. The number of nitrogens with one attached hydrogen (secondary N) is 1. The van der Waals surface area contributed by atoms with Crippen LogP contribution in [0.1, 0.15) is 44.6 Å². The van der Waals surface area contributed by atoms with Gasteiger partial charge in [0.1, 0.15) is 0 Å². The first-order valence-electron chi connectivity index (χ1n) is 8.32. The molecule has 1 aliphatic heterocycles. The molecule has 2 fully saturated rings. The van der Waals surface area contributed by atoms with Crippen LogP contribution in [0.3, 0.4) is 0 Å². The van der Waals surface area contributed by atoms with E-state index in [1.807, 2.05) is 0 Å². The molecule has 2 aliphatic rings. The molecule has 1 N–H and O–H groups in total. The van der Waals surface area contributed by atoms with Crippen molar-refractivity contribution < 1.29 is 0 Å². The van der Waals surface area contributed by atoms with E-state index >= 15 is 0 Å². The highest BCUT2D eigenvalue weighted by Gasteiger charge is 2.41. The molecule has 3 rings (SSSR count). The molecule has 1 heterocycles. The Bertz CT molecular complexity index is 400. The zero-order valence-corrected chi connectivity index (χ0v) is 12.8. The monoisotopic (exact) mass is 272 g/mol. The zero-order chi connectivity index (χ0) is 13.8. The van der Waals surface area contributed by atoms with Gasteiger partial charge in [0.15, 0.2) is 0 Å². The number of piperazine rings is 1. The van der Waals surface area contributed by atoms with Gasteiger partial charge in [-0.05, 0) is 31.7 Å². The van der Waals surface area contributed by atoms with Gasteiger partial charge in [-0.25, -0.2) is 0 Å². The molecule has 0 aromatic heterocycles. The smallest absolute Gasteiger partial charge is 0.0337 e. The Hall–Kier alpha value is -0.860. The van der Waals surface area contributed by atoms with Crippen LogP contribution < -0.4 is 5.32 Å². The quantitative estimate of drug-likeness (QED) is 0.909. The van der Waals surface area contributed by atoms with Crippen LogP contribution >= 0.6 is 0 Å². The fraction of sp³-hybridized carbons (Fsp3) is 0.667. The predicted octanol–water partition coefficient (Wildman–Crippen LogP) is 3.23. The van der Waals surface area contributed by atoms with E-state index in [0.29, 0.717) is 11.6 Å². The Balaban J connectivity index is 1.72. The van der Waals surface area contributed by atoms with Crippen LogP contribution in [0.25, 0.3) is 0 Å². The van der Waals surface area contributed by atoms with Crippen LogP contribution in [-0.4, -0.2) is 36.1 Å². The van der Waals surface area contributed by atoms with Crippen LogP contribution in [0.2, 0.25) is 0 Å². The molecule has 1 aromatic carbocycles. The van der Waals surface area contributed by atoms with Crippen molar-refractivity contribution in [3.63, 3.8) is 0 Å². The summed E-state index contributed by atoms with van der Waals surface area (Å²) in [6.07, 6.45) is 8.22. The minimum Gasteiger partial charge on any atom is -0.314 e. The number of nitrogens with zero attached hydrogens (tertiary/aromatic N) is 1. The van der Waals surface area contributed by atoms with Gasteiger partial charge in [-0.2, -0.15) is 0 Å². The van der Waals surface area contributed by atoms with Crippen molar-refractivity contribution in [2.45, 2.75) is 57.0 Å². The molecule has 20 heavy (non-hydrogen) atoms. The highest BCUT2D eigenvalue weighted by Crippen LogP contribution is 2.36. The van der Waals surface area contributed by atoms with Crippen molar-refractivity contribution in [2.75, 3.05) is 19.6 Å². The van der Waals surface area contributed by atoms with E-state index in [1.165, 1.54) is 57.2 Å². The fourth-order valence-electron chi connectivity index (χ4n) is 4.29. The van der Waals surface area contributed by atoms with E-state index in [4.69, 9.17) is 0 Å². The molecule has 2 nitrogen and oxygen atoms in total. The van der Waals surface area contributed by atoms with Gasteiger partial charge >= 0.3 is 0 Å². The lowest BCUT2D eigenvalue weighted by molar-refractivity contribution is -0.00172. The summed E-state index contributed by atoms with van der Waals surface area (Å²) in [7, 11) is 0. The normalized spacial score (nSPS) is 24.6. The highest BCUT2D eigenvalue weighted by atomic mass is 15.3. The lowest BCUT2D eigenvalue weighted by atomic mass is 9.78. The van der Waals surface area contributed by atoms with Crippen LogP contribution in [0.5, 0.6) is 0 Å². The van der Waals surface area contributed by atoms with Crippen LogP contribution in [0, 0.1) is 0 Å². The topological polar surface area (TPSA) is 15.3 Å². The third-order valence-electron chi connectivity index (χ3n) is 5.28. The minimum atomic E-state index is 0.449. The largest absolute Gasteiger partial charge is 0.314 e. The second kappa shape index (κ2) is 6.28. The summed E-state index contributed by atoms with van der Waals surface area (Å²) >= 11 is 0. The van der Waals surface area contributed by atoms with Crippen molar-refractivity contribution in [1.82, 2.24) is 10.2 Å². The Labute approximate surface area is 123 Å². The van der Waals surface area contributed by atoms with Crippen LogP contribution in [0.4, 0.5) is 0 Å². The molecular formula is C18H28N2. The summed E-state index contributed by atoms with van der Waals surface area (Å²) in [5.74, 6) is 0. The highest BCUT2D eigenvalue weighted by molar-refractivity contribution is 5.16. The second-order valence-corrected chi connectivity index (χ2v) is 6.69. The first-order chi connectivity index (χ1) is 9.80. The Morgan fingerprint density at radius 2 is 1.90 bits per heavy atom. The fourth-order valence-corrected chi connectivity index (χ4v) is 4.29. The molecule has 1 unspecified atom stereocenters. The number of benzene rings is 1. The summed E-state index contributed by atoms with van der Waals surface area (Å²) in [6, 6.07) is 11.6. The van der Waals surface area contributed by atoms with Crippen LogP contribution in [0.15, 0.2) is 30.3 Å². The summed E-state index contributed by atoms with van der Waals surface area (Å²) in [6.45, 7) is 6.00. The maximum atomic E-state index is 3.65. The average Bonchev–Trinajstić information content (AvgIpc) is 2.49. The molecule has 1 spiro atoms. The van der Waals surface area contributed by atoms with Gasteiger partial charge in [-0.3, -0.25) is 4.90 Å². The number of hydrogen-bond acceptors (Lipinski definition) is 2. The molecular weight excluding hydrogens is 244 g/mol. The minimum absolute atomic E-state index is 0.449. The average molecular weight is 272 g/mol. The van der Waals surface area contributed by atoms with E-state index < -0.39 is 0 Å². The van der Waals surface area contributed by atoms with Gasteiger partial charge in [0.25, 0.3) is 0 Å². The van der Waals surface area contributed by atoms with Crippen molar-refractivity contribution in [3.8, 4) is 0 Å². The third kappa shape index (κ3) is 2.91. The van der Waals surface area contributed by atoms with E-state index in [2.05, 4.69) is 47.5 Å². The van der Waals surface area contributed by atoms with Gasteiger partial charge in [0.05, 0.1) is 0 Å². The standard InChI is InChI=1S/C18H28N2/c1-16(14-17-8-4-2-5-9-17)20-13-12-19-15-18(20)10-6-3-7-11-18/h2,4-5,8-9,16,19H,3,6-7,10-15H2,1H3. The second-order valence-electron chi connectivity index (χ2n) is 6.69. The van der Waals surface area contributed by atoms with E-state index in [1.54, 1.807) is 0 Å². The van der Waals surface area contributed by atoms with Crippen molar-refractivity contribution in [3.05, 3.63) is 35.9 Å². The maximum Gasteiger partial charge on any atom is 0.0337 e. The lowest BCUT2D eigenvalue weighted by Crippen LogP contribution is -2.64. The molecule has 1 aromatic rings. The van der Waals surface area contributed by atoms with Crippen molar-refractivity contribution in [1.29, 1.82) is 0 Å². The summed E-state index contributed by atoms with van der Waals surface area (Å²) in [4.78, 5) is 2.83. The van der Waals surface area contributed by atoms with Gasteiger partial charge < -0.3 is 5.32 Å². The molecule has 0 bridgehead atoms. The lowest BCUT2D eigenvalue weighted by Gasteiger charge is -2.52.